The monoisotopic (exact) mass is 247 g/mol. The fourth-order valence-corrected chi connectivity index (χ4v) is 1.75. The van der Waals surface area contributed by atoms with E-state index in [4.69, 9.17) is 15.2 Å². The Balaban J connectivity index is 2.34. The van der Waals surface area contributed by atoms with Crippen LogP contribution in [0.3, 0.4) is 0 Å². The lowest BCUT2D eigenvalue weighted by molar-refractivity contribution is 0.353. The van der Waals surface area contributed by atoms with Crippen molar-refractivity contribution in [2.24, 2.45) is 0 Å². The Labute approximate surface area is 106 Å². The second-order valence-corrected chi connectivity index (χ2v) is 4.18. The molecule has 0 aliphatic rings. The number of nitrogen functional groups attached to an aromatic ring is 1. The third-order valence-electron chi connectivity index (χ3n) is 2.58. The number of nitrogens with two attached hydrogens (primary N) is 1. The number of aromatic nitrogens is 2. The van der Waals surface area contributed by atoms with Crippen LogP contribution in [-0.4, -0.2) is 16.7 Å². The average Bonchev–Trinajstić information content (AvgIpc) is 2.71. The third-order valence-corrected chi connectivity index (χ3v) is 2.58. The lowest BCUT2D eigenvalue weighted by Crippen LogP contribution is -2.07. The second-order valence-electron chi connectivity index (χ2n) is 4.18. The van der Waals surface area contributed by atoms with Crippen LogP contribution in [0.15, 0.2) is 30.5 Å². The molecule has 2 N–H and O–H groups in total. The second kappa shape index (κ2) is 5.00. The number of para-hydroxylation sites is 2. The normalized spacial score (nSPS) is 10.7. The van der Waals surface area contributed by atoms with Crippen LogP contribution in [0.1, 0.15) is 19.9 Å². The number of hydrogen-bond donors (Lipinski definition) is 1. The predicted octanol–water partition coefficient (Wildman–Crippen LogP) is 2.85. The quantitative estimate of drug-likeness (QED) is 0.902. The number of methoxy groups -OCH3 is 1. The minimum atomic E-state index is 0.178. The van der Waals surface area contributed by atoms with Gasteiger partial charge in [-0.15, -0.1) is 0 Å². The number of benzene rings is 1. The van der Waals surface area contributed by atoms with E-state index in [-0.39, 0.29) is 6.04 Å². The average molecular weight is 247 g/mol. The van der Waals surface area contributed by atoms with Gasteiger partial charge in [-0.3, -0.25) is 4.57 Å². The van der Waals surface area contributed by atoms with Crippen LogP contribution < -0.4 is 15.2 Å². The third kappa shape index (κ3) is 2.25. The molecule has 18 heavy (non-hydrogen) atoms. The first-order valence-corrected chi connectivity index (χ1v) is 5.77. The van der Waals surface area contributed by atoms with Gasteiger partial charge in [0, 0.05) is 6.04 Å². The summed E-state index contributed by atoms with van der Waals surface area (Å²) in [6, 6.07) is 8.07. The van der Waals surface area contributed by atoms with Gasteiger partial charge in [-0.05, 0) is 26.0 Å². The summed E-state index contributed by atoms with van der Waals surface area (Å²) in [6.45, 7) is 4.04. The van der Waals surface area contributed by atoms with Gasteiger partial charge in [-0.2, -0.15) is 0 Å². The van der Waals surface area contributed by atoms with E-state index in [0.717, 1.165) is 0 Å². The molecule has 0 amide bonds. The Hall–Kier alpha value is -2.17. The van der Waals surface area contributed by atoms with Gasteiger partial charge >= 0.3 is 6.01 Å². The van der Waals surface area contributed by atoms with Gasteiger partial charge in [-0.1, -0.05) is 12.1 Å². The van der Waals surface area contributed by atoms with E-state index in [9.17, 15) is 0 Å². The smallest absolute Gasteiger partial charge is 0.303 e. The molecule has 1 aromatic carbocycles. The Bertz CT molecular complexity index is 535. The van der Waals surface area contributed by atoms with Crippen LogP contribution >= 0.6 is 0 Å². The van der Waals surface area contributed by atoms with Crippen molar-refractivity contribution < 1.29 is 9.47 Å². The summed E-state index contributed by atoms with van der Waals surface area (Å²) in [7, 11) is 1.60. The highest BCUT2D eigenvalue weighted by molar-refractivity contribution is 5.42. The summed E-state index contributed by atoms with van der Waals surface area (Å²) >= 11 is 0. The molecule has 0 saturated heterocycles. The van der Waals surface area contributed by atoms with Crippen LogP contribution in [0, 0.1) is 0 Å². The molecular weight excluding hydrogens is 230 g/mol. The lowest BCUT2D eigenvalue weighted by Gasteiger charge is -2.14. The van der Waals surface area contributed by atoms with Crippen molar-refractivity contribution in [3.05, 3.63) is 30.5 Å². The van der Waals surface area contributed by atoms with Crippen molar-refractivity contribution in [1.29, 1.82) is 0 Å². The molecule has 1 heterocycles. The summed E-state index contributed by atoms with van der Waals surface area (Å²) in [5.41, 5.74) is 5.86. The largest absolute Gasteiger partial charge is 0.493 e. The van der Waals surface area contributed by atoms with Crippen LogP contribution in [0.5, 0.6) is 17.5 Å². The molecule has 0 aliphatic heterocycles. The van der Waals surface area contributed by atoms with Gasteiger partial charge < -0.3 is 15.2 Å². The molecule has 0 aliphatic carbocycles. The first-order chi connectivity index (χ1) is 8.63. The Morgan fingerprint density at radius 3 is 2.50 bits per heavy atom. The van der Waals surface area contributed by atoms with Gasteiger partial charge in [0.1, 0.15) is 5.82 Å². The summed E-state index contributed by atoms with van der Waals surface area (Å²) < 4.78 is 12.8. The molecule has 0 fully saturated rings. The molecule has 5 heteroatoms. The molecule has 0 saturated carbocycles. The summed E-state index contributed by atoms with van der Waals surface area (Å²) in [6.07, 6.45) is 1.59. The van der Waals surface area contributed by atoms with Crippen LogP contribution in [-0.2, 0) is 0 Å². The molecule has 0 unspecified atom stereocenters. The van der Waals surface area contributed by atoms with Crippen LogP contribution in [0.4, 0.5) is 5.82 Å². The van der Waals surface area contributed by atoms with Crippen molar-refractivity contribution in [2.45, 2.75) is 19.9 Å². The van der Waals surface area contributed by atoms with E-state index >= 15 is 0 Å². The highest BCUT2D eigenvalue weighted by Gasteiger charge is 2.14. The fourth-order valence-electron chi connectivity index (χ4n) is 1.75. The van der Waals surface area contributed by atoms with Gasteiger partial charge in [0.2, 0.25) is 0 Å². The van der Waals surface area contributed by atoms with Crippen molar-refractivity contribution >= 4 is 5.82 Å². The summed E-state index contributed by atoms with van der Waals surface area (Å²) in [5, 5.41) is 0. The molecule has 1 aromatic heterocycles. The fraction of sp³-hybridized carbons (Fsp3) is 0.308. The molecule has 2 aromatic rings. The van der Waals surface area contributed by atoms with E-state index in [2.05, 4.69) is 4.98 Å². The minimum absolute atomic E-state index is 0.178. The van der Waals surface area contributed by atoms with E-state index in [1.807, 2.05) is 42.7 Å². The molecule has 0 radical (unpaired) electrons. The van der Waals surface area contributed by atoms with Crippen molar-refractivity contribution in [2.75, 3.05) is 12.8 Å². The molecule has 0 spiro atoms. The zero-order valence-electron chi connectivity index (χ0n) is 10.8. The lowest BCUT2D eigenvalue weighted by atomic mass is 10.3. The standard InChI is InChI=1S/C13H17N3O2/c1-9(2)16-12(14)8-15-13(16)18-11-7-5-4-6-10(11)17-3/h4-9H,14H2,1-3H3. The van der Waals surface area contributed by atoms with Crippen molar-refractivity contribution in [1.82, 2.24) is 9.55 Å². The Morgan fingerprint density at radius 1 is 1.22 bits per heavy atom. The number of imidazole rings is 1. The van der Waals surface area contributed by atoms with Gasteiger partial charge in [0.25, 0.3) is 0 Å². The predicted molar refractivity (Wildman–Crippen MR) is 70.1 cm³/mol. The van der Waals surface area contributed by atoms with E-state index < -0.39 is 0 Å². The van der Waals surface area contributed by atoms with Crippen LogP contribution in [0.2, 0.25) is 0 Å². The Kier molecular flexibility index (Phi) is 3.41. The molecular formula is C13H17N3O2. The maximum Gasteiger partial charge on any atom is 0.303 e. The van der Waals surface area contributed by atoms with Gasteiger partial charge in [0.15, 0.2) is 11.5 Å². The van der Waals surface area contributed by atoms with Crippen LogP contribution in [0.25, 0.3) is 0 Å². The molecule has 0 atom stereocenters. The summed E-state index contributed by atoms with van der Waals surface area (Å²) in [4.78, 5) is 4.17. The highest BCUT2D eigenvalue weighted by Crippen LogP contribution is 2.32. The number of ether oxygens (including phenoxy) is 2. The first kappa shape index (κ1) is 12.3. The number of hydrogen-bond acceptors (Lipinski definition) is 4. The number of rotatable bonds is 4. The van der Waals surface area contributed by atoms with Crippen molar-refractivity contribution in [3.8, 4) is 17.5 Å². The first-order valence-electron chi connectivity index (χ1n) is 5.77. The van der Waals surface area contributed by atoms with E-state index in [1.54, 1.807) is 13.3 Å². The minimum Gasteiger partial charge on any atom is -0.493 e. The summed E-state index contributed by atoms with van der Waals surface area (Å²) in [5.74, 6) is 1.86. The molecule has 5 nitrogen and oxygen atoms in total. The highest BCUT2D eigenvalue weighted by atomic mass is 16.5. The topological polar surface area (TPSA) is 62.3 Å². The Morgan fingerprint density at radius 2 is 1.89 bits per heavy atom. The maximum absolute atomic E-state index is 5.86. The maximum atomic E-state index is 5.86. The zero-order chi connectivity index (χ0) is 13.1. The molecule has 96 valence electrons. The zero-order valence-corrected chi connectivity index (χ0v) is 10.8. The van der Waals surface area contributed by atoms with Crippen molar-refractivity contribution in [3.63, 3.8) is 0 Å². The van der Waals surface area contributed by atoms with E-state index in [0.29, 0.717) is 23.3 Å². The van der Waals surface area contributed by atoms with Gasteiger partial charge in [-0.25, -0.2) is 4.98 Å². The SMILES string of the molecule is COc1ccccc1Oc1ncc(N)n1C(C)C. The molecule has 0 bridgehead atoms. The van der Waals surface area contributed by atoms with Gasteiger partial charge in [0.05, 0.1) is 13.3 Å². The van der Waals surface area contributed by atoms with E-state index in [1.165, 1.54) is 0 Å². The number of nitrogens with zero attached hydrogens (tertiary/aromatic N) is 2. The number of anilines is 1. The molecule has 2 rings (SSSR count).